The Labute approximate surface area is 115 Å². The summed E-state index contributed by atoms with van der Waals surface area (Å²) in [6.07, 6.45) is 0.513. The maximum atomic E-state index is 13.5. The fourth-order valence-electron chi connectivity index (χ4n) is 1.77. The minimum atomic E-state index is -0.949. The molecule has 0 aliphatic carbocycles. The summed E-state index contributed by atoms with van der Waals surface area (Å²) >= 11 is 0. The smallest absolute Gasteiger partial charge is 0.303 e. The lowest BCUT2D eigenvalue weighted by atomic mass is 10.0. The molecule has 1 aromatic carbocycles. The number of amides is 1. The highest BCUT2D eigenvalue weighted by Gasteiger charge is 2.17. The largest absolute Gasteiger partial charge is 0.481 e. The Hall–Kier alpha value is -1.98. The summed E-state index contributed by atoms with van der Waals surface area (Å²) in [6, 6.07) is 1.80. The van der Waals surface area contributed by atoms with Gasteiger partial charge in [0.05, 0.1) is 5.56 Å². The van der Waals surface area contributed by atoms with E-state index < -0.39 is 23.5 Å². The second-order valence-corrected chi connectivity index (χ2v) is 4.66. The van der Waals surface area contributed by atoms with Crippen LogP contribution in [0.2, 0.25) is 0 Å². The number of halogens is 2. The highest BCUT2D eigenvalue weighted by atomic mass is 19.1. The Balaban J connectivity index is 2.72. The average molecular weight is 285 g/mol. The third kappa shape index (κ3) is 4.29. The van der Waals surface area contributed by atoms with Crippen molar-refractivity contribution in [1.29, 1.82) is 0 Å². The average Bonchev–Trinajstić information content (AvgIpc) is 2.37. The van der Waals surface area contributed by atoms with Gasteiger partial charge in [0.2, 0.25) is 0 Å². The van der Waals surface area contributed by atoms with E-state index in [1.165, 1.54) is 6.92 Å². The van der Waals surface area contributed by atoms with Gasteiger partial charge in [0, 0.05) is 19.0 Å². The van der Waals surface area contributed by atoms with E-state index in [-0.39, 0.29) is 30.0 Å². The topological polar surface area (TPSA) is 66.4 Å². The van der Waals surface area contributed by atoms with Crippen molar-refractivity contribution in [3.05, 3.63) is 34.9 Å². The van der Waals surface area contributed by atoms with Gasteiger partial charge >= 0.3 is 5.97 Å². The number of hydrogen-bond acceptors (Lipinski definition) is 2. The molecule has 0 aromatic heterocycles. The minimum absolute atomic E-state index is 0.0678. The molecule has 0 heterocycles. The van der Waals surface area contributed by atoms with Crippen LogP contribution >= 0.6 is 0 Å². The van der Waals surface area contributed by atoms with Crippen LogP contribution in [0.25, 0.3) is 0 Å². The molecule has 6 heteroatoms. The molecule has 110 valence electrons. The number of aliphatic carboxylic acids is 1. The number of carboxylic acids is 1. The molecule has 20 heavy (non-hydrogen) atoms. The van der Waals surface area contributed by atoms with E-state index in [0.29, 0.717) is 12.5 Å². The molecular formula is C14H17F2NO3. The Morgan fingerprint density at radius 3 is 2.50 bits per heavy atom. The summed E-state index contributed by atoms with van der Waals surface area (Å²) in [5.41, 5.74) is -0.0665. The van der Waals surface area contributed by atoms with Crippen LogP contribution in [0.3, 0.4) is 0 Å². The van der Waals surface area contributed by atoms with Crippen molar-refractivity contribution in [2.75, 3.05) is 6.54 Å². The van der Waals surface area contributed by atoms with Gasteiger partial charge in [-0.3, -0.25) is 9.59 Å². The zero-order valence-electron chi connectivity index (χ0n) is 11.4. The Morgan fingerprint density at radius 2 is 1.95 bits per heavy atom. The number of benzene rings is 1. The first-order chi connectivity index (χ1) is 9.35. The van der Waals surface area contributed by atoms with E-state index in [4.69, 9.17) is 5.11 Å². The predicted molar refractivity (Wildman–Crippen MR) is 69.5 cm³/mol. The van der Waals surface area contributed by atoms with E-state index in [9.17, 15) is 18.4 Å². The molecule has 2 N–H and O–H groups in total. The van der Waals surface area contributed by atoms with Gasteiger partial charge in [-0.1, -0.05) is 13.3 Å². The van der Waals surface area contributed by atoms with Crippen LogP contribution in [0.15, 0.2) is 12.1 Å². The maximum absolute atomic E-state index is 13.5. The van der Waals surface area contributed by atoms with Gasteiger partial charge in [-0.25, -0.2) is 8.78 Å². The molecule has 0 aliphatic heterocycles. The molecule has 1 aromatic rings. The van der Waals surface area contributed by atoms with Crippen LogP contribution in [0, 0.1) is 24.5 Å². The quantitative estimate of drug-likeness (QED) is 0.844. The predicted octanol–water partition coefficient (Wildman–Crippen LogP) is 2.50. The lowest BCUT2D eigenvalue weighted by Crippen LogP contribution is -2.30. The van der Waals surface area contributed by atoms with Crippen molar-refractivity contribution in [3.8, 4) is 0 Å². The Bertz CT molecular complexity index is 517. The monoisotopic (exact) mass is 285 g/mol. The molecule has 0 saturated heterocycles. The molecule has 4 nitrogen and oxygen atoms in total. The van der Waals surface area contributed by atoms with Crippen LogP contribution in [-0.2, 0) is 4.79 Å². The van der Waals surface area contributed by atoms with Gasteiger partial charge < -0.3 is 10.4 Å². The van der Waals surface area contributed by atoms with Gasteiger partial charge in [0.15, 0.2) is 0 Å². The van der Waals surface area contributed by atoms with Crippen molar-refractivity contribution >= 4 is 11.9 Å². The second kappa shape index (κ2) is 6.98. The minimum Gasteiger partial charge on any atom is -0.481 e. The number of carboxylic acid groups (broad SMARTS) is 1. The first-order valence-corrected chi connectivity index (χ1v) is 6.30. The van der Waals surface area contributed by atoms with Gasteiger partial charge in [0.25, 0.3) is 5.91 Å². The van der Waals surface area contributed by atoms with Crippen molar-refractivity contribution in [2.24, 2.45) is 5.92 Å². The summed E-state index contributed by atoms with van der Waals surface area (Å²) in [5, 5.41) is 11.2. The van der Waals surface area contributed by atoms with Gasteiger partial charge in [-0.05, 0) is 24.5 Å². The molecule has 1 rings (SSSR count). The molecule has 0 bridgehead atoms. The summed E-state index contributed by atoms with van der Waals surface area (Å²) in [4.78, 5) is 22.4. The highest BCUT2D eigenvalue weighted by Crippen LogP contribution is 2.14. The molecule has 0 radical (unpaired) electrons. The second-order valence-electron chi connectivity index (χ2n) is 4.66. The van der Waals surface area contributed by atoms with E-state index in [1.807, 2.05) is 6.92 Å². The zero-order valence-corrected chi connectivity index (χ0v) is 11.4. The molecule has 0 fully saturated rings. The van der Waals surface area contributed by atoms with Gasteiger partial charge in [-0.2, -0.15) is 0 Å². The van der Waals surface area contributed by atoms with Crippen molar-refractivity contribution < 1.29 is 23.5 Å². The Morgan fingerprint density at radius 1 is 1.30 bits per heavy atom. The lowest BCUT2D eigenvalue weighted by molar-refractivity contribution is -0.138. The van der Waals surface area contributed by atoms with Crippen molar-refractivity contribution in [1.82, 2.24) is 5.32 Å². The van der Waals surface area contributed by atoms with Crippen molar-refractivity contribution in [2.45, 2.75) is 26.7 Å². The fourth-order valence-corrected chi connectivity index (χ4v) is 1.77. The first-order valence-electron chi connectivity index (χ1n) is 6.30. The van der Waals surface area contributed by atoms with E-state index in [0.717, 1.165) is 6.07 Å². The maximum Gasteiger partial charge on any atom is 0.303 e. The number of aryl methyl sites for hydroxylation is 1. The standard InChI is InChI=1S/C14H17F2NO3/c1-3-9(5-13(18)19)7-17-14(20)10-4-8(2)11(15)6-12(10)16/h4,6,9H,3,5,7H2,1-2H3,(H,17,20)(H,18,19). The molecule has 0 spiro atoms. The van der Waals surface area contributed by atoms with E-state index >= 15 is 0 Å². The molecular weight excluding hydrogens is 268 g/mol. The van der Waals surface area contributed by atoms with Crippen LogP contribution in [0.1, 0.15) is 35.7 Å². The molecule has 0 saturated carbocycles. The molecule has 1 unspecified atom stereocenters. The van der Waals surface area contributed by atoms with Gasteiger partial charge in [0.1, 0.15) is 11.6 Å². The number of carbonyl (C=O) groups excluding carboxylic acids is 1. The highest BCUT2D eigenvalue weighted by molar-refractivity contribution is 5.94. The van der Waals surface area contributed by atoms with E-state index in [1.54, 1.807) is 0 Å². The summed E-state index contributed by atoms with van der Waals surface area (Å²) in [6.45, 7) is 3.38. The van der Waals surface area contributed by atoms with Crippen LogP contribution in [0.5, 0.6) is 0 Å². The Kier molecular flexibility index (Phi) is 5.61. The normalized spacial score (nSPS) is 12.0. The van der Waals surface area contributed by atoms with Crippen molar-refractivity contribution in [3.63, 3.8) is 0 Å². The van der Waals surface area contributed by atoms with Crippen LogP contribution in [0.4, 0.5) is 8.78 Å². The SMILES string of the molecule is CCC(CNC(=O)c1cc(C)c(F)cc1F)CC(=O)O. The summed E-state index contributed by atoms with van der Waals surface area (Å²) < 4.78 is 26.6. The summed E-state index contributed by atoms with van der Waals surface area (Å²) in [7, 11) is 0. The number of hydrogen-bond donors (Lipinski definition) is 2. The third-order valence-corrected chi connectivity index (χ3v) is 3.08. The molecule has 0 aliphatic rings. The lowest BCUT2D eigenvalue weighted by Gasteiger charge is -2.14. The van der Waals surface area contributed by atoms with E-state index in [2.05, 4.69) is 5.32 Å². The number of nitrogens with one attached hydrogen (secondary N) is 1. The number of rotatable bonds is 6. The van der Waals surface area contributed by atoms with Crippen LogP contribution < -0.4 is 5.32 Å². The first kappa shape index (κ1) is 16.1. The summed E-state index contributed by atoms with van der Waals surface area (Å²) in [5.74, 6) is -3.49. The fraction of sp³-hybridized carbons (Fsp3) is 0.429. The zero-order chi connectivity index (χ0) is 15.3. The molecule has 1 amide bonds. The number of carbonyl (C=O) groups is 2. The van der Waals surface area contributed by atoms with Gasteiger partial charge in [-0.15, -0.1) is 0 Å². The third-order valence-electron chi connectivity index (χ3n) is 3.08. The van der Waals surface area contributed by atoms with Crippen LogP contribution in [-0.4, -0.2) is 23.5 Å². The molecule has 1 atom stereocenters.